The minimum Gasteiger partial charge on any atom is -0.469 e. The molecule has 1 aromatic heterocycles. The van der Waals surface area contributed by atoms with E-state index in [4.69, 9.17) is 9.47 Å². The van der Waals surface area contributed by atoms with E-state index in [9.17, 15) is 4.79 Å². The summed E-state index contributed by atoms with van der Waals surface area (Å²) in [5.41, 5.74) is 2.65. The Morgan fingerprint density at radius 3 is 2.58 bits per heavy atom. The number of anilines is 1. The minimum absolute atomic E-state index is 0.0918. The summed E-state index contributed by atoms with van der Waals surface area (Å²) in [7, 11) is 4.02. The van der Waals surface area contributed by atoms with Crippen molar-refractivity contribution in [3.63, 3.8) is 0 Å². The van der Waals surface area contributed by atoms with Crippen molar-refractivity contribution in [1.82, 2.24) is 4.98 Å². The summed E-state index contributed by atoms with van der Waals surface area (Å²) in [5.74, 6) is 0.118. The van der Waals surface area contributed by atoms with Crippen molar-refractivity contribution in [1.29, 1.82) is 0 Å². The smallest absolute Gasteiger partial charge is 0.339 e. The predicted molar refractivity (Wildman–Crippen MR) is 94.6 cm³/mol. The molecule has 0 spiro atoms. The highest BCUT2D eigenvalue weighted by atomic mass is 16.5. The molecule has 0 bridgehead atoms. The molecule has 0 fully saturated rings. The highest BCUT2D eigenvalue weighted by Crippen LogP contribution is 2.26. The Bertz CT molecular complexity index is 669. The second-order valence-corrected chi connectivity index (χ2v) is 5.61. The fourth-order valence-electron chi connectivity index (χ4n) is 2.32. The molecular weight excluding hydrogens is 304 g/mol. The van der Waals surface area contributed by atoms with Crippen LogP contribution in [0.2, 0.25) is 0 Å². The lowest BCUT2D eigenvalue weighted by Crippen LogP contribution is -2.12. The third-order valence-corrected chi connectivity index (χ3v) is 3.64. The maximum atomic E-state index is 11.6. The molecule has 128 valence electrons. The van der Waals surface area contributed by atoms with Crippen LogP contribution in [-0.2, 0) is 4.74 Å². The van der Waals surface area contributed by atoms with E-state index in [1.165, 1.54) is 6.20 Å². The molecule has 0 saturated heterocycles. The number of esters is 1. The topological polar surface area (TPSA) is 51.7 Å². The molecule has 5 nitrogen and oxygen atoms in total. The Hall–Kier alpha value is -2.56. The highest BCUT2D eigenvalue weighted by molar-refractivity contribution is 5.89. The Balaban J connectivity index is 2.13. The van der Waals surface area contributed by atoms with E-state index in [-0.39, 0.29) is 12.1 Å². The largest absolute Gasteiger partial charge is 0.469 e. The maximum Gasteiger partial charge on any atom is 0.339 e. The van der Waals surface area contributed by atoms with Gasteiger partial charge < -0.3 is 14.4 Å². The molecule has 0 N–H and O–H groups in total. The molecule has 1 unspecified atom stereocenters. The van der Waals surface area contributed by atoms with Crippen LogP contribution in [0.3, 0.4) is 0 Å². The van der Waals surface area contributed by atoms with Gasteiger partial charge in [0.15, 0.2) is 0 Å². The molecule has 1 aromatic carbocycles. The maximum absolute atomic E-state index is 11.6. The zero-order valence-electron chi connectivity index (χ0n) is 14.7. The SMILES string of the molecule is CCOC(=O)c1ccc(OC(CC)c2cccc(N(C)C)c2)nc1. The van der Waals surface area contributed by atoms with Gasteiger partial charge in [0.2, 0.25) is 5.88 Å². The van der Waals surface area contributed by atoms with Crippen molar-refractivity contribution in [3.05, 3.63) is 53.7 Å². The number of aromatic nitrogens is 1. The number of nitrogens with zero attached hydrogens (tertiary/aromatic N) is 2. The summed E-state index contributed by atoms with van der Waals surface area (Å²) in [4.78, 5) is 17.9. The number of benzene rings is 1. The second-order valence-electron chi connectivity index (χ2n) is 5.61. The van der Waals surface area contributed by atoms with Crippen molar-refractivity contribution < 1.29 is 14.3 Å². The average molecular weight is 328 g/mol. The first kappa shape index (κ1) is 17.8. The van der Waals surface area contributed by atoms with Gasteiger partial charge in [0.1, 0.15) is 6.10 Å². The van der Waals surface area contributed by atoms with Gasteiger partial charge in [-0.2, -0.15) is 0 Å². The summed E-state index contributed by atoms with van der Waals surface area (Å²) in [6.07, 6.45) is 2.21. The lowest BCUT2D eigenvalue weighted by Gasteiger charge is -2.20. The van der Waals surface area contributed by atoms with Crippen molar-refractivity contribution in [2.75, 3.05) is 25.6 Å². The summed E-state index contributed by atoms with van der Waals surface area (Å²) < 4.78 is 10.9. The predicted octanol–water partition coefficient (Wildman–Crippen LogP) is 3.85. The number of pyridine rings is 1. The number of hydrogen-bond donors (Lipinski definition) is 0. The number of hydrogen-bond acceptors (Lipinski definition) is 5. The van der Waals surface area contributed by atoms with Crippen LogP contribution in [-0.4, -0.2) is 31.7 Å². The van der Waals surface area contributed by atoms with E-state index in [2.05, 4.69) is 28.9 Å². The second kappa shape index (κ2) is 8.34. The molecule has 0 amide bonds. The average Bonchev–Trinajstić information content (AvgIpc) is 2.60. The van der Waals surface area contributed by atoms with E-state index in [0.29, 0.717) is 18.1 Å². The molecule has 0 saturated carbocycles. The first-order valence-electron chi connectivity index (χ1n) is 8.12. The summed E-state index contributed by atoms with van der Waals surface area (Å²) >= 11 is 0. The molecule has 0 aliphatic rings. The zero-order valence-corrected chi connectivity index (χ0v) is 14.7. The summed E-state index contributed by atoms with van der Waals surface area (Å²) in [6.45, 7) is 4.19. The number of carbonyl (C=O) groups is 1. The Morgan fingerprint density at radius 1 is 1.21 bits per heavy atom. The fraction of sp³-hybridized carbons (Fsp3) is 0.368. The van der Waals surface area contributed by atoms with Gasteiger partial charge in [-0.1, -0.05) is 19.1 Å². The summed E-state index contributed by atoms with van der Waals surface area (Å²) in [5, 5.41) is 0. The molecule has 1 atom stereocenters. The van der Waals surface area contributed by atoms with Crippen molar-refractivity contribution in [3.8, 4) is 5.88 Å². The molecule has 2 aromatic rings. The van der Waals surface area contributed by atoms with Gasteiger partial charge in [-0.3, -0.25) is 0 Å². The molecule has 0 aliphatic carbocycles. The van der Waals surface area contributed by atoms with E-state index >= 15 is 0 Å². The van der Waals surface area contributed by atoms with Crippen LogP contribution in [0.15, 0.2) is 42.6 Å². The van der Waals surface area contributed by atoms with Gasteiger partial charge in [0.05, 0.1) is 12.2 Å². The molecule has 0 aliphatic heterocycles. The van der Waals surface area contributed by atoms with Gasteiger partial charge in [-0.05, 0) is 37.1 Å². The van der Waals surface area contributed by atoms with Crippen LogP contribution in [0.5, 0.6) is 5.88 Å². The van der Waals surface area contributed by atoms with Crippen molar-refractivity contribution in [2.45, 2.75) is 26.4 Å². The van der Waals surface area contributed by atoms with Gasteiger partial charge in [-0.25, -0.2) is 9.78 Å². The quantitative estimate of drug-likeness (QED) is 0.723. The van der Waals surface area contributed by atoms with E-state index < -0.39 is 0 Å². The van der Waals surface area contributed by atoms with Gasteiger partial charge >= 0.3 is 5.97 Å². The lowest BCUT2D eigenvalue weighted by molar-refractivity contribution is 0.0525. The van der Waals surface area contributed by atoms with Crippen LogP contribution < -0.4 is 9.64 Å². The Morgan fingerprint density at radius 2 is 2.00 bits per heavy atom. The fourth-order valence-corrected chi connectivity index (χ4v) is 2.32. The van der Waals surface area contributed by atoms with Crippen LogP contribution in [0.4, 0.5) is 5.69 Å². The Labute approximate surface area is 143 Å². The van der Waals surface area contributed by atoms with Crippen molar-refractivity contribution >= 4 is 11.7 Å². The first-order valence-corrected chi connectivity index (χ1v) is 8.12. The molecule has 1 heterocycles. The summed E-state index contributed by atoms with van der Waals surface area (Å²) in [6, 6.07) is 11.6. The number of ether oxygens (including phenoxy) is 2. The molecule has 24 heavy (non-hydrogen) atoms. The first-order chi connectivity index (χ1) is 11.5. The zero-order chi connectivity index (χ0) is 17.5. The number of rotatable bonds is 7. The normalized spacial score (nSPS) is 11.7. The Kier molecular flexibility index (Phi) is 6.18. The van der Waals surface area contributed by atoms with Gasteiger partial charge in [-0.15, -0.1) is 0 Å². The van der Waals surface area contributed by atoms with Crippen LogP contribution >= 0.6 is 0 Å². The van der Waals surface area contributed by atoms with E-state index in [1.54, 1.807) is 19.1 Å². The van der Waals surface area contributed by atoms with Crippen LogP contribution in [0.25, 0.3) is 0 Å². The molecule has 0 radical (unpaired) electrons. The number of carbonyl (C=O) groups excluding carboxylic acids is 1. The molecule has 2 rings (SSSR count). The monoisotopic (exact) mass is 328 g/mol. The third-order valence-electron chi connectivity index (χ3n) is 3.64. The molecular formula is C19H24N2O3. The van der Waals surface area contributed by atoms with Gasteiger partial charge in [0, 0.05) is 32.0 Å². The van der Waals surface area contributed by atoms with E-state index in [0.717, 1.165) is 17.7 Å². The van der Waals surface area contributed by atoms with Gasteiger partial charge in [0.25, 0.3) is 0 Å². The van der Waals surface area contributed by atoms with Crippen LogP contribution in [0, 0.1) is 0 Å². The highest BCUT2D eigenvalue weighted by Gasteiger charge is 2.14. The lowest BCUT2D eigenvalue weighted by atomic mass is 10.1. The third kappa shape index (κ3) is 4.47. The standard InChI is InChI=1S/C19H24N2O3/c1-5-17(14-8-7-9-16(12-14)21(3)4)24-18-11-10-15(13-20-18)19(22)23-6-2/h7-13,17H,5-6H2,1-4H3. The minimum atomic E-state index is -0.373. The molecule has 5 heteroatoms. The van der Waals surface area contributed by atoms with Crippen molar-refractivity contribution in [2.24, 2.45) is 0 Å². The van der Waals surface area contributed by atoms with E-state index in [1.807, 2.05) is 26.2 Å². The van der Waals surface area contributed by atoms with Crippen LogP contribution in [0.1, 0.15) is 42.3 Å².